The van der Waals surface area contributed by atoms with E-state index in [2.05, 4.69) is 10.3 Å². The molecular formula is C13H14N4O2. The van der Waals surface area contributed by atoms with Crippen LogP contribution in [0, 0.1) is 0 Å². The molecule has 19 heavy (non-hydrogen) atoms. The normalized spacial score (nSPS) is 18.8. The average molecular weight is 258 g/mol. The first-order chi connectivity index (χ1) is 9.24. The Morgan fingerprint density at radius 3 is 2.79 bits per heavy atom. The van der Waals surface area contributed by atoms with Crippen molar-refractivity contribution in [3.63, 3.8) is 0 Å². The lowest BCUT2D eigenvalue weighted by Gasteiger charge is -2.12. The van der Waals surface area contributed by atoms with Crippen LogP contribution in [0.1, 0.15) is 16.9 Å². The number of likely N-dealkylation sites (tertiary alicyclic amines) is 1. The molecule has 98 valence electrons. The van der Waals surface area contributed by atoms with Gasteiger partial charge in [-0.05, 0) is 18.6 Å². The lowest BCUT2D eigenvalue weighted by molar-refractivity contribution is 0.0759. The summed E-state index contributed by atoms with van der Waals surface area (Å²) >= 11 is 0. The summed E-state index contributed by atoms with van der Waals surface area (Å²) in [4.78, 5) is 13.7. The molecule has 1 atom stereocenters. The minimum atomic E-state index is -0.423. The molecule has 1 amide bonds. The third kappa shape index (κ3) is 2.34. The first-order valence-electron chi connectivity index (χ1n) is 6.19. The smallest absolute Gasteiger partial charge is 0.276 e. The highest BCUT2D eigenvalue weighted by atomic mass is 16.3. The Kier molecular flexibility index (Phi) is 3.00. The Labute approximate surface area is 110 Å². The molecule has 2 aromatic rings. The van der Waals surface area contributed by atoms with Crippen LogP contribution in [0.4, 0.5) is 0 Å². The van der Waals surface area contributed by atoms with Crippen molar-refractivity contribution in [1.82, 2.24) is 19.9 Å². The number of nitrogens with zero attached hydrogens (tertiary/aromatic N) is 4. The second kappa shape index (κ2) is 4.81. The molecule has 2 heterocycles. The Hall–Kier alpha value is -2.21. The summed E-state index contributed by atoms with van der Waals surface area (Å²) in [5.74, 6) is -0.182. The third-order valence-corrected chi connectivity index (χ3v) is 3.18. The molecule has 1 aliphatic heterocycles. The van der Waals surface area contributed by atoms with Crippen LogP contribution in [0.25, 0.3) is 5.69 Å². The molecular weight excluding hydrogens is 244 g/mol. The van der Waals surface area contributed by atoms with Crippen LogP contribution in [0.3, 0.4) is 0 Å². The zero-order chi connectivity index (χ0) is 13.2. The number of aliphatic hydroxyl groups is 1. The van der Waals surface area contributed by atoms with Gasteiger partial charge in [0.25, 0.3) is 5.91 Å². The topological polar surface area (TPSA) is 71.2 Å². The molecule has 0 spiro atoms. The highest BCUT2D eigenvalue weighted by Crippen LogP contribution is 2.13. The summed E-state index contributed by atoms with van der Waals surface area (Å²) in [7, 11) is 0. The van der Waals surface area contributed by atoms with Crippen molar-refractivity contribution in [2.75, 3.05) is 13.1 Å². The van der Waals surface area contributed by atoms with Crippen molar-refractivity contribution in [2.24, 2.45) is 0 Å². The molecule has 0 aliphatic carbocycles. The number of benzene rings is 1. The van der Waals surface area contributed by atoms with Gasteiger partial charge < -0.3 is 10.0 Å². The minimum Gasteiger partial charge on any atom is -0.391 e. The highest BCUT2D eigenvalue weighted by molar-refractivity contribution is 5.92. The maximum absolute atomic E-state index is 12.1. The zero-order valence-electron chi connectivity index (χ0n) is 10.3. The second-order valence-corrected chi connectivity index (χ2v) is 4.58. The number of amides is 1. The predicted molar refractivity (Wildman–Crippen MR) is 67.9 cm³/mol. The van der Waals surface area contributed by atoms with Crippen LogP contribution in [0.2, 0.25) is 0 Å². The van der Waals surface area contributed by atoms with Crippen LogP contribution in [-0.2, 0) is 0 Å². The van der Waals surface area contributed by atoms with Crippen LogP contribution in [-0.4, -0.2) is 50.1 Å². The van der Waals surface area contributed by atoms with E-state index >= 15 is 0 Å². The van der Waals surface area contributed by atoms with E-state index in [1.807, 2.05) is 30.3 Å². The first-order valence-corrected chi connectivity index (χ1v) is 6.19. The van der Waals surface area contributed by atoms with Gasteiger partial charge in [0.15, 0.2) is 5.69 Å². The fourth-order valence-electron chi connectivity index (χ4n) is 2.16. The molecule has 0 radical (unpaired) electrons. The molecule has 1 aromatic carbocycles. The van der Waals surface area contributed by atoms with Gasteiger partial charge in [-0.15, -0.1) is 5.10 Å². The standard InChI is InChI=1S/C13H14N4O2/c18-11-6-7-16(8-11)13(19)12-9-17(15-14-12)10-4-2-1-3-5-10/h1-5,9,11,18H,6-8H2/t11-/m1/s1. The van der Waals surface area contributed by atoms with Crippen LogP contribution >= 0.6 is 0 Å². The van der Waals surface area contributed by atoms with E-state index in [-0.39, 0.29) is 5.91 Å². The molecule has 1 aromatic heterocycles. The van der Waals surface area contributed by atoms with Gasteiger partial charge in [-0.3, -0.25) is 4.79 Å². The van der Waals surface area contributed by atoms with Gasteiger partial charge in [-0.2, -0.15) is 0 Å². The van der Waals surface area contributed by atoms with E-state index in [9.17, 15) is 9.90 Å². The Bertz CT molecular complexity index is 581. The molecule has 6 heteroatoms. The number of hydrogen-bond donors (Lipinski definition) is 1. The van der Waals surface area contributed by atoms with Gasteiger partial charge in [0, 0.05) is 13.1 Å². The van der Waals surface area contributed by atoms with Crippen molar-refractivity contribution in [3.05, 3.63) is 42.2 Å². The summed E-state index contributed by atoms with van der Waals surface area (Å²) in [5.41, 5.74) is 1.16. The van der Waals surface area contributed by atoms with Crippen molar-refractivity contribution in [1.29, 1.82) is 0 Å². The van der Waals surface area contributed by atoms with Crippen molar-refractivity contribution >= 4 is 5.91 Å². The summed E-state index contributed by atoms with van der Waals surface area (Å²) in [6.45, 7) is 0.940. The van der Waals surface area contributed by atoms with E-state index in [0.29, 0.717) is 25.2 Å². The minimum absolute atomic E-state index is 0.182. The number of hydrogen-bond acceptors (Lipinski definition) is 4. The van der Waals surface area contributed by atoms with E-state index in [1.165, 1.54) is 0 Å². The van der Waals surface area contributed by atoms with Gasteiger partial charge in [0.2, 0.25) is 0 Å². The highest BCUT2D eigenvalue weighted by Gasteiger charge is 2.27. The fraction of sp³-hybridized carbons (Fsp3) is 0.308. The van der Waals surface area contributed by atoms with Gasteiger partial charge in [-0.1, -0.05) is 23.4 Å². The average Bonchev–Trinajstić information content (AvgIpc) is 3.08. The second-order valence-electron chi connectivity index (χ2n) is 4.58. The van der Waals surface area contributed by atoms with E-state index in [0.717, 1.165) is 5.69 Å². The quantitative estimate of drug-likeness (QED) is 0.850. The maximum Gasteiger partial charge on any atom is 0.276 e. The van der Waals surface area contributed by atoms with Crippen molar-refractivity contribution in [2.45, 2.75) is 12.5 Å². The SMILES string of the molecule is O=C(c1cn(-c2ccccc2)nn1)N1CC[C@@H](O)C1. The summed E-state index contributed by atoms with van der Waals surface area (Å²) < 4.78 is 1.57. The van der Waals surface area contributed by atoms with Gasteiger partial charge >= 0.3 is 0 Å². The number of para-hydroxylation sites is 1. The monoisotopic (exact) mass is 258 g/mol. The zero-order valence-corrected chi connectivity index (χ0v) is 10.3. The van der Waals surface area contributed by atoms with E-state index in [4.69, 9.17) is 0 Å². The third-order valence-electron chi connectivity index (χ3n) is 3.18. The van der Waals surface area contributed by atoms with E-state index < -0.39 is 6.10 Å². The Balaban J connectivity index is 1.80. The molecule has 1 N–H and O–H groups in total. The number of β-amino-alcohol motifs (C(OH)–C–C–N with tert-alkyl or cyclic N) is 1. The van der Waals surface area contributed by atoms with Crippen LogP contribution < -0.4 is 0 Å². The molecule has 1 aliphatic rings. The molecule has 0 saturated carbocycles. The number of carbonyl (C=O) groups excluding carboxylic acids is 1. The number of rotatable bonds is 2. The number of aromatic nitrogens is 3. The fourth-order valence-corrected chi connectivity index (χ4v) is 2.16. The van der Waals surface area contributed by atoms with E-state index in [1.54, 1.807) is 15.8 Å². The largest absolute Gasteiger partial charge is 0.391 e. The predicted octanol–water partition coefficient (Wildman–Crippen LogP) is 0.474. The lowest BCUT2D eigenvalue weighted by atomic mass is 10.3. The van der Waals surface area contributed by atoms with Crippen LogP contribution in [0.5, 0.6) is 0 Å². The van der Waals surface area contributed by atoms with Crippen molar-refractivity contribution in [3.8, 4) is 5.69 Å². The summed E-state index contributed by atoms with van der Waals surface area (Å²) in [6, 6.07) is 9.49. The lowest BCUT2D eigenvalue weighted by Crippen LogP contribution is -2.29. The number of carbonyl (C=O) groups is 1. The summed E-state index contributed by atoms with van der Waals surface area (Å²) in [6.07, 6.45) is 1.81. The Morgan fingerprint density at radius 1 is 1.32 bits per heavy atom. The molecule has 0 bridgehead atoms. The van der Waals surface area contributed by atoms with Gasteiger partial charge in [0.05, 0.1) is 18.0 Å². The summed E-state index contributed by atoms with van der Waals surface area (Å²) in [5, 5.41) is 17.3. The van der Waals surface area contributed by atoms with Gasteiger partial charge in [0.1, 0.15) is 0 Å². The van der Waals surface area contributed by atoms with Gasteiger partial charge in [-0.25, -0.2) is 4.68 Å². The van der Waals surface area contributed by atoms with Crippen molar-refractivity contribution < 1.29 is 9.90 Å². The number of aliphatic hydroxyl groups excluding tert-OH is 1. The molecule has 1 saturated heterocycles. The Morgan fingerprint density at radius 2 is 2.11 bits per heavy atom. The molecule has 6 nitrogen and oxygen atoms in total. The molecule has 1 fully saturated rings. The first kappa shape index (κ1) is 11.9. The molecule has 0 unspecified atom stereocenters. The molecule has 3 rings (SSSR count). The maximum atomic E-state index is 12.1. The van der Waals surface area contributed by atoms with Crippen LogP contribution in [0.15, 0.2) is 36.5 Å².